The van der Waals surface area contributed by atoms with Gasteiger partial charge in [-0.2, -0.15) is 9.37 Å². The molecule has 0 saturated heterocycles. The van der Waals surface area contributed by atoms with Crippen LogP contribution < -0.4 is 15.5 Å². The van der Waals surface area contributed by atoms with Gasteiger partial charge in [0.05, 0.1) is 6.42 Å². The summed E-state index contributed by atoms with van der Waals surface area (Å²) in [5.41, 5.74) is 2.45. The number of nitrogens with zero attached hydrogens (tertiary/aromatic N) is 2. The van der Waals surface area contributed by atoms with E-state index in [2.05, 4.69) is 10.6 Å². The molecule has 2 aromatic carbocycles. The molecular weight excluding hydrogens is 492 g/mol. The van der Waals surface area contributed by atoms with E-state index in [0.717, 1.165) is 16.0 Å². The number of urea groups is 1. The predicted molar refractivity (Wildman–Crippen MR) is 142 cm³/mol. The summed E-state index contributed by atoms with van der Waals surface area (Å²) in [6.45, 7) is 3.81. The Morgan fingerprint density at radius 2 is 1.65 bits per heavy atom. The lowest BCUT2D eigenvalue weighted by Crippen LogP contribution is -2.56. The van der Waals surface area contributed by atoms with E-state index in [-0.39, 0.29) is 37.4 Å². The molecule has 9 heteroatoms. The Morgan fingerprint density at radius 1 is 0.973 bits per heavy atom. The number of anilines is 1. The van der Waals surface area contributed by atoms with Crippen LogP contribution >= 0.6 is 11.6 Å². The Labute approximate surface area is 220 Å². The zero-order valence-corrected chi connectivity index (χ0v) is 21.4. The van der Waals surface area contributed by atoms with E-state index in [1.165, 1.54) is 4.58 Å². The van der Waals surface area contributed by atoms with Crippen molar-refractivity contribution in [1.82, 2.24) is 10.6 Å². The predicted octanol–water partition coefficient (Wildman–Crippen LogP) is 3.39. The molecule has 1 atom stereocenters. The average molecular weight is 520 g/mol. The van der Waals surface area contributed by atoms with Gasteiger partial charge in [0.15, 0.2) is 6.54 Å². The molecular formula is C28H28ClN4O4+. The highest BCUT2D eigenvalue weighted by Crippen LogP contribution is 2.26. The maximum atomic E-state index is 13.5. The molecule has 2 aromatic rings. The van der Waals surface area contributed by atoms with Crippen molar-refractivity contribution < 1.29 is 23.8 Å². The molecule has 0 spiro atoms. The fraction of sp³-hybridized carbons (Fsp3) is 0.250. The first-order valence-electron chi connectivity index (χ1n) is 12.0. The van der Waals surface area contributed by atoms with Gasteiger partial charge >= 0.3 is 11.9 Å². The number of carbonyl (C=O) groups is 4. The zero-order valence-electron chi connectivity index (χ0n) is 20.6. The Bertz CT molecular complexity index is 1310. The summed E-state index contributed by atoms with van der Waals surface area (Å²) in [6, 6.07) is 13.2. The lowest BCUT2D eigenvalue weighted by atomic mass is 9.94. The number of hydrogen-bond donors (Lipinski definition) is 2. The molecule has 190 valence electrons. The number of nitrogens with one attached hydrogen (secondary N) is 2. The van der Waals surface area contributed by atoms with Crippen LogP contribution in [-0.2, 0) is 27.3 Å². The third-order valence-corrected chi connectivity index (χ3v) is 6.19. The van der Waals surface area contributed by atoms with Crippen LogP contribution in [0.4, 0.5) is 10.5 Å². The van der Waals surface area contributed by atoms with Gasteiger partial charge in [-0.15, -0.1) is 4.90 Å². The first kappa shape index (κ1) is 26.0. The van der Waals surface area contributed by atoms with Gasteiger partial charge in [-0.25, -0.2) is 4.79 Å². The molecule has 0 bridgehead atoms. The molecule has 2 aliphatic rings. The van der Waals surface area contributed by atoms with Gasteiger partial charge in [0.1, 0.15) is 17.3 Å². The summed E-state index contributed by atoms with van der Waals surface area (Å²) >= 11 is 5.91. The van der Waals surface area contributed by atoms with Crippen LogP contribution in [0.5, 0.6) is 0 Å². The fourth-order valence-electron chi connectivity index (χ4n) is 4.18. The smallest absolute Gasteiger partial charge is 0.354 e. The molecule has 0 saturated carbocycles. The van der Waals surface area contributed by atoms with Gasteiger partial charge in [-0.3, -0.25) is 9.59 Å². The largest absolute Gasteiger partial charge is 0.506 e. The second-order valence-corrected chi connectivity index (χ2v) is 9.59. The average Bonchev–Trinajstić information content (AvgIpc) is 2.87. The topological polar surface area (TPSA) is 98.6 Å². The Kier molecular flexibility index (Phi) is 7.98. The molecule has 0 aromatic heterocycles. The number of rotatable bonds is 8. The monoisotopic (exact) mass is 519 g/mol. The lowest BCUT2D eigenvalue weighted by molar-refractivity contribution is -0.417. The Hall–Kier alpha value is -4.04. The molecule has 2 N–H and O–H groups in total. The van der Waals surface area contributed by atoms with E-state index >= 15 is 0 Å². The molecule has 8 nitrogen and oxygen atoms in total. The van der Waals surface area contributed by atoms with Gasteiger partial charge in [0, 0.05) is 17.6 Å². The number of carbonyl (C=O) groups excluding carboxylic acids is 4. The van der Waals surface area contributed by atoms with Crippen LogP contribution in [0.3, 0.4) is 0 Å². The van der Waals surface area contributed by atoms with Gasteiger partial charge < -0.3 is 10.6 Å². The Morgan fingerprint density at radius 3 is 2.32 bits per heavy atom. The van der Waals surface area contributed by atoms with E-state index < -0.39 is 17.9 Å². The third kappa shape index (κ3) is 6.21. The summed E-state index contributed by atoms with van der Waals surface area (Å²) < 4.78 is 1.33. The number of halogens is 1. The minimum atomic E-state index is -0.691. The van der Waals surface area contributed by atoms with E-state index in [0.29, 0.717) is 16.4 Å². The highest BCUT2D eigenvalue weighted by Gasteiger charge is 2.48. The van der Waals surface area contributed by atoms with E-state index in [4.69, 9.17) is 11.6 Å². The van der Waals surface area contributed by atoms with Crippen molar-refractivity contribution in [2.24, 2.45) is 5.92 Å². The number of allylic oxidation sites excluding steroid dienone is 3. The first-order valence-corrected chi connectivity index (χ1v) is 12.4. The fourth-order valence-corrected chi connectivity index (χ4v) is 4.31. The van der Waals surface area contributed by atoms with Crippen molar-refractivity contribution in [3.63, 3.8) is 0 Å². The highest BCUT2D eigenvalue weighted by atomic mass is 35.5. The van der Waals surface area contributed by atoms with Crippen LogP contribution in [0.1, 0.15) is 25.0 Å². The second-order valence-electron chi connectivity index (χ2n) is 9.16. The minimum Gasteiger partial charge on any atom is -0.354 e. The lowest BCUT2D eigenvalue weighted by Gasteiger charge is -2.26. The van der Waals surface area contributed by atoms with Gasteiger partial charge in [0.2, 0.25) is 5.91 Å². The summed E-state index contributed by atoms with van der Waals surface area (Å²) in [5, 5.41) is 6.25. The molecule has 5 amide bonds. The Balaban J connectivity index is 1.53. The molecule has 0 fully saturated rings. The SMILES string of the molecule is CC(C)NC(=O)Cc1ccc(N2C(=O)C3C=CC=CC3=[N+](CC(=O)NCc3ccc(Cl)cc3)C2=O)cc1. The quantitative estimate of drug-likeness (QED) is 0.522. The molecule has 1 unspecified atom stereocenters. The van der Waals surface area contributed by atoms with Gasteiger partial charge in [-0.1, -0.05) is 54.1 Å². The van der Waals surface area contributed by atoms with Crippen molar-refractivity contribution in [1.29, 1.82) is 0 Å². The number of fused-ring (bicyclic) bond motifs is 1. The summed E-state index contributed by atoms with van der Waals surface area (Å²) in [5.74, 6) is -1.56. The van der Waals surface area contributed by atoms with E-state index in [9.17, 15) is 19.2 Å². The number of benzene rings is 2. The van der Waals surface area contributed by atoms with Crippen molar-refractivity contribution in [2.75, 3.05) is 11.4 Å². The molecule has 4 rings (SSSR count). The molecule has 1 heterocycles. The van der Waals surface area contributed by atoms with Crippen LogP contribution in [0, 0.1) is 5.92 Å². The van der Waals surface area contributed by atoms with Crippen LogP contribution in [-0.4, -0.2) is 46.6 Å². The number of amides is 5. The zero-order chi connectivity index (χ0) is 26.5. The van der Waals surface area contributed by atoms with Crippen LogP contribution in [0.15, 0.2) is 72.8 Å². The normalized spacial score (nSPS) is 16.8. The van der Waals surface area contributed by atoms with Crippen LogP contribution in [0.2, 0.25) is 5.02 Å². The molecule has 1 aliphatic carbocycles. The van der Waals surface area contributed by atoms with Crippen molar-refractivity contribution in [3.05, 3.63) is 89.0 Å². The molecule has 1 aliphatic heterocycles. The third-order valence-electron chi connectivity index (χ3n) is 5.93. The van der Waals surface area contributed by atoms with Crippen molar-refractivity contribution >= 4 is 46.8 Å². The minimum absolute atomic E-state index is 0.0350. The van der Waals surface area contributed by atoms with E-state index in [1.54, 1.807) is 60.7 Å². The van der Waals surface area contributed by atoms with Crippen molar-refractivity contribution in [3.8, 4) is 0 Å². The number of hydrogen-bond acceptors (Lipinski definition) is 4. The second kappa shape index (κ2) is 11.3. The number of imide groups is 1. The van der Waals surface area contributed by atoms with Crippen LogP contribution in [0.25, 0.3) is 0 Å². The summed E-state index contributed by atoms with van der Waals surface area (Å²) in [6.07, 6.45) is 7.06. The highest BCUT2D eigenvalue weighted by molar-refractivity contribution is 6.30. The summed E-state index contributed by atoms with van der Waals surface area (Å²) in [4.78, 5) is 52.8. The molecule has 0 radical (unpaired) electrons. The summed E-state index contributed by atoms with van der Waals surface area (Å²) in [7, 11) is 0. The molecule has 37 heavy (non-hydrogen) atoms. The first-order chi connectivity index (χ1) is 17.7. The maximum absolute atomic E-state index is 13.5. The van der Waals surface area contributed by atoms with Gasteiger partial charge in [0.25, 0.3) is 5.91 Å². The standard InChI is InChI=1S/C28H27ClN4O4/c1-18(2)31-25(34)15-19-9-13-22(14-10-19)33-27(36)23-5-3-4-6-24(23)32(28(33)37)17-26(35)30-16-20-7-11-21(29)12-8-20/h3-14,18,23H,15-17H2,1-2H3,(H-,30,31,34,35)/p+1. The maximum Gasteiger partial charge on any atom is 0.506 e. The van der Waals surface area contributed by atoms with Gasteiger partial charge in [-0.05, 0) is 55.3 Å². The van der Waals surface area contributed by atoms with E-state index in [1.807, 2.05) is 26.0 Å². The van der Waals surface area contributed by atoms with Crippen molar-refractivity contribution in [2.45, 2.75) is 32.9 Å².